The Morgan fingerprint density at radius 1 is 1.25 bits per heavy atom. The average Bonchev–Trinajstić information content (AvgIpc) is 2.49. The fourth-order valence-electron chi connectivity index (χ4n) is 1.77. The summed E-state index contributed by atoms with van der Waals surface area (Å²) in [5, 5.41) is 0. The number of benzene rings is 1. The maximum atomic E-state index is 12.2. The lowest BCUT2D eigenvalue weighted by molar-refractivity contribution is -0.686. The lowest BCUT2D eigenvalue weighted by Crippen LogP contribution is -2.44. The molecule has 0 fully saturated rings. The molecular formula is C15H15N2O3+. The Kier molecular flexibility index (Phi) is 4.55. The number of rotatable bonds is 5. The first-order valence-electron chi connectivity index (χ1n) is 6.31. The van der Waals surface area contributed by atoms with Crippen molar-refractivity contribution in [1.82, 2.24) is 4.98 Å². The van der Waals surface area contributed by atoms with Crippen LogP contribution in [0.5, 0.6) is 0 Å². The summed E-state index contributed by atoms with van der Waals surface area (Å²) in [5.41, 5.74) is 0.866. The molecule has 2 aromatic rings. The van der Waals surface area contributed by atoms with Crippen LogP contribution in [-0.4, -0.2) is 23.3 Å². The molecule has 0 radical (unpaired) electrons. The van der Waals surface area contributed by atoms with E-state index in [1.54, 1.807) is 42.0 Å². The van der Waals surface area contributed by atoms with E-state index >= 15 is 0 Å². The maximum Gasteiger partial charge on any atom is 0.405 e. The number of hydrogen-bond acceptors (Lipinski definition) is 4. The van der Waals surface area contributed by atoms with Crippen molar-refractivity contribution in [1.29, 1.82) is 0 Å². The van der Waals surface area contributed by atoms with Gasteiger partial charge in [-0.15, -0.1) is 0 Å². The molecule has 1 aromatic heterocycles. The molecular weight excluding hydrogens is 256 g/mol. The molecule has 0 atom stereocenters. The van der Waals surface area contributed by atoms with E-state index in [9.17, 15) is 9.59 Å². The number of esters is 1. The van der Waals surface area contributed by atoms with Crippen LogP contribution in [0, 0.1) is 0 Å². The summed E-state index contributed by atoms with van der Waals surface area (Å²) >= 11 is 0. The molecule has 0 saturated carbocycles. The molecule has 0 aliphatic rings. The first kappa shape index (κ1) is 13.9. The molecule has 0 N–H and O–H groups in total. The number of carbonyl (C=O) groups is 2. The molecule has 0 saturated heterocycles. The van der Waals surface area contributed by atoms with Crippen molar-refractivity contribution in [2.45, 2.75) is 13.5 Å². The fraction of sp³-hybridized carbons (Fsp3) is 0.200. The van der Waals surface area contributed by atoms with Crippen molar-refractivity contribution in [3.63, 3.8) is 0 Å². The minimum absolute atomic E-state index is 0.0701. The van der Waals surface area contributed by atoms with Gasteiger partial charge in [-0.3, -0.25) is 9.78 Å². The lowest BCUT2D eigenvalue weighted by Gasteiger charge is -2.02. The van der Waals surface area contributed by atoms with Crippen LogP contribution in [0.3, 0.4) is 0 Å². The number of nitrogens with zero attached hydrogens (tertiary/aromatic N) is 2. The molecule has 20 heavy (non-hydrogen) atoms. The highest BCUT2D eigenvalue weighted by molar-refractivity contribution is 5.95. The summed E-state index contributed by atoms with van der Waals surface area (Å²) in [5.74, 6) is -0.561. The maximum absolute atomic E-state index is 12.2. The molecule has 1 aromatic carbocycles. The molecule has 1 heterocycles. The first-order valence-corrected chi connectivity index (χ1v) is 6.31. The van der Waals surface area contributed by atoms with Gasteiger partial charge in [0.1, 0.15) is 6.20 Å². The minimum atomic E-state index is -0.485. The van der Waals surface area contributed by atoms with Gasteiger partial charge in [-0.1, -0.05) is 30.3 Å². The standard InChI is InChI=1S/C15H15N2O3/c1-2-20-15(19)13-10-16-8-9-17(13)11-14(18)12-6-4-3-5-7-12/h3-10H,2,11H2,1H3/q+1. The summed E-state index contributed by atoms with van der Waals surface area (Å²) in [6.07, 6.45) is 4.52. The van der Waals surface area contributed by atoms with Crippen LogP contribution >= 0.6 is 0 Å². The monoisotopic (exact) mass is 271 g/mol. The van der Waals surface area contributed by atoms with Gasteiger partial charge in [0, 0.05) is 5.56 Å². The van der Waals surface area contributed by atoms with Gasteiger partial charge in [-0.25, -0.2) is 4.79 Å². The van der Waals surface area contributed by atoms with Gasteiger partial charge in [0.2, 0.25) is 12.3 Å². The van der Waals surface area contributed by atoms with E-state index in [4.69, 9.17) is 4.74 Å². The van der Waals surface area contributed by atoms with Gasteiger partial charge >= 0.3 is 11.7 Å². The SMILES string of the molecule is CCOC(=O)c1cncc[n+]1CC(=O)c1ccccc1. The first-order chi connectivity index (χ1) is 9.72. The Labute approximate surface area is 116 Å². The Bertz CT molecular complexity index is 612. The number of hydrogen-bond donors (Lipinski definition) is 0. The van der Waals surface area contributed by atoms with Crippen molar-refractivity contribution >= 4 is 11.8 Å². The third-order valence-corrected chi connectivity index (χ3v) is 2.73. The summed E-state index contributed by atoms with van der Waals surface area (Å²) in [7, 11) is 0. The van der Waals surface area contributed by atoms with Crippen LogP contribution < -0.4 is 4.57 Å². The van der Waals surface area contributed by atoms with E-state index in [0.717, 1.165) is 0 Å². The number of carbonyl (C=O) groups excluding carboxylic acids is 2. The highest BCUT2D eigenvalue weighted by atomic mass is 16.5. The van der Waals surface area contributed by atoms with Crippen LogP contribution in [0.25, 0.3) is 0 Å². The molecule has 0 unspecified atom stereocenters. The Hall–Kier alpha value is -2.56. The predicted octanol–water partition coefficient (Wildman–Crippen LogP) is 1.43. The quantitative estimate of drug-likeness (QED) is 0.469. The topological polar surface area (TPSA) is 60.1 Å². The average molecular weight is 271 g/mol. The van der Waals surface area contributed by atoms with Crippen molar-refractivity contribution in [3.8, 4) is 0 Å². The van der Waals surface area contributed by atoms with Crippen LogP contribution in [-0.2, 0) is 11.3 Å². The van der Waals surface area contributed by atoms with Crippen LogP contribution in [0.2, 0.25) is 0 Å². The van der Waals surface area contributed by atoms with Gasteiger partial charge in [0.25, 0.3) is 0 Å². The van der Waals surface area contributed by atoms with E-state index in [0.29, 0.717) is 5.56 Å². The molecule has 0 bridgehead atoms. The van der Waals surface area contributed by atoms with E-state index in [1.165, 1.54) is 12.4 Å². The smallest absolute Gasteiger partial charge is 0.405 e. The van der Waals surface area contributed by atoms with Gasteiger partial charge in [0.15, 0.2) is 6.20 Å². The van der Waals surface area contributed by atoms with Crippen molar-refractivity contribution in [2.24, 2.45) is 0 Å². The van der Waals surface area contributed by atoms with Crippen molar-refractivity contribution in [3.05, 3.63) is 60.2 Å². The van der Waals surface area contributed by atoms with Crippen molar-refractivity contribution < 1.29 is 18.9 Å². The second-order valence-corrected chi connectivity index (χ2v) is 4.10. The zero-order valence-electron chi connectivity index (χ0n) is 11.2. The van der Waals surface area contributed by atoms with Crippen LogP contribution in [0.1, 0.15) is 27.8 Å². The van der Waals surface area contributed by atoms with Crippen LogP contribution in [0.15, 0.2) is 48.9 Å². The van der Waals surface area contributed by atoms with E-state index in [1.807, 2.05) is 6.07 Å². The summed E-state index contributed by atoms with van der Waals surface area (Å²) in [6, 6.07) is 8.94. The van der Waals surface area contributed by atoms with E-state index < -0.39 is 5.97 Å². The number of ketones is 1. The molecule has 0 aliphatic carbocycles. The van der Waals surface area contributed by atoms with Crippen molar-refractivity contribution in [2.75, 3.05) is 6.61 Å². The predicted molar refractivity (Wildman–Crippen MR) is 71.2 cm³/mol. The minimum Gasteiger partial charge on any atom is -0.458 e. The normalized spacial score (nSPS) is 10.1. The van der Waals surface area contributed by atoms with E-state index in [-0.39, 0.29) is 24.6 Å². The lowest BCUT2D eigenvalue weighted by atomic mass is 10.1. The largest absolute Gasteiger partial charge is 0.458 e. The zero-order valence-corrected chi connectivity index (χ0v) is 11.2. The second-order valence-electron chi connectivity index (χ2n) is 4.10. The summed E-state index contributed by atoms with van der Waals surface area (Å²) in [6.45, 7) is 2.08. The second kappa shape index (κ2) is 6.56. The zero-order chi connectivity index (χ0) is 14.4. The third kappa shape index (κ3) is 3.26. The van der Waals surface area contributed by atoms with Gasteiger partial charge in [0.05, 0.1) is 12.8 Å². The highest BCUT2D eigenvalue weighted by Crippen LogP contribution is 2.01. The number of ether oxygens (including phenoxy) is 1. The number of Topliss-reactive ketones (excluding diaryl/α,β-unsaturated/α-hetero) is 1. The molecule has 5 heteroatoms. The molecule has 0 aliphatic heterocycles. The van der Waals surface area contributed by atoms with E-state index in [2.05, 4.69) is 4.98 Å². The molecule has 2 rings (SSSR count). The highest BCUT2D eigenvalue weighted by Gasteiger charge is 2.23. The summed E-state index contributed by atoms with van der Waals surface area (Å²) in [4.78, 5) is 27.8. The third-order valence-electron chi connectivity index (χ3n) is 2.73. The molecule has 102 valence electrons. The number of aromatic nitrogens is 2. The molecule has 0 spiro atoms. The fourth-order valence-corrected chi connectivity index (χ4v) is 1.77. The van der Waals surface area contributed by atoms with Gasteiger partial charge in [-0.05, 0) is 6.92 Å². The molecule has 0 amide bonds. The van der Waals surface area contributed by atoms with Gasteiger partial charge in [-0.2, -0.15) is 4.57 Å². The Morgan fingerprint density at radius 3 is 2.70 bits per heavy atom. The summed E-state index contributed by atoms with van der Waals surface area (Å²) < 4.78 is 6.49. The Morgan fingerprint density at radius 2 is 2.00 bits per heavy atom. The van der Waals surface area contributed by atoms with Gasteiger partial charge < -0.3 is 4.74 Å². The Balaban J connectivity index is 2.21. The molecule has 5 nitrogen and oxygen atoms in total. The van der Waals surface area contributed by atoms with Crippen LogP contribution in [0.4, 0.5) is 0 Å².